The van der Waals surface area contributed by atoms with Gasteiger partial charge in [0.25, 0.3) is 11.1 Å². The van der Waals surface area contributed by atoms with E-state index in [1.807, 2.05) is 0 Å². The Morgan fingerprint density at radius 1 is 0.745 bits per heavy atom. The number of hydrogen-bond donors (Lipinski definition) is 2. The Morgan fingerprint density at radius 3 is 2.09 bits per heavy atom. The molecule has 2 amide bonds. The van der Waals surface area contributed by atoms with Crippen LogP contribution in [0.2, 0.25) is 0 Å². The Kier molecular flexibility index (Phi) is 8.12. The maximum absolute atomic E-state index is 15.3. The molecule has 0 aliphatic carbocycles. The SMILES string of the molecule is Cc1cc2n(CC(=O)Nc3cc(-c4ccc5c(=O)n(CC(=O)Nc6ccc(F)cn6)c6cc(C(F)(F)F)nn6c5n4)c(F)cn3)c(=O)c3cccnc3n2n1. The number of anilines is 2. The minimum absolute atomic E-state index is 0.0761. The molecule has 0 fully saturated rings. The molecular formula is C34H21F5N12O4. The Labute approximate surface area is 301 Å². The van der Waals surface area contributed by atoms with Crippen molar-refractivity contribution < 1.29 is 31.5 Å². The average molecular weight is 757 g/mol. The number of carbonyl (C=O) groups is 2. The minimum atomic E-state index is -4.97. The highest BCUT2D eigenvalue weighted by Crippen LogP contribution is 2.30. The van der Waals surface area contributed by atoms with E-state index < -0.39 is 70.8 Å². The summed E-state index contributed by atoms with van der Waals surface area (Å²) in [6.45, 7) is 0.418. The van der Waals surface area contributed by atoms with E-state index in [9.17, 15) is 36.7 Å². The molecule has 0 aromatic carbocycles. The van der Waals surface area contributed by atoms with Crippen LogP contribution in [0.1, 0.15) is 11.4 Å². The first-order chi connectivity index (χ1) is 26.2. The quantitative estimate of drug-likeness (QED) is 0.227. The molecular weight excluding hydrogens is 735 g/mol. The number of rotatable bonds is 7. The predicted octanol–water partition coefficient (Wildman–Crippen LogP) is 3.74. The van der Waals surface area contributed by atoms with Crippen molar-refractivity contribution in [3.8, 4) is 11.3 Å². The number of halogens is 5. The number of aromatic nitrogens is 10. The van der Waals surface area contributed by atoms with Crippen molar-refractivity contribution in [3.05, 3.63) is 117 Å². The van der Waals surface area contributed by atoms with Gasteiger partial charge in [0.15, 0.2) is 22.8 Å². The summed E-state index contributed by atoms with van der Waals surface area (Å²) in [5.41, 5.74) is -3.02. The fourth-order valence-corrected chi connectivity index (χ4v) is 5.96. The van der Waals surface area contributed by atoms with Gasteiger partial charge in [0.05, 0.1) is 34.6 Å². The number of pyridine rings is 4. The molecule has 276 valence electrons. The van der Waals surface area contributed by atoms with Gasteiger partial charge in [-0.2, -0.15) is 32.4 Å². The molecule has 8 rings (SSSR count). The number of hydrogen-bond acceptors (Lipinski definition) is 10. The summed E-state index contributed by atoms with van der Waals surface area (Å²) >= 11 is 0. The topological polar surface area (TPSA) is 188 Å². The van der Waals surface area contributed by atoms with E-state index in [0.717, 1.165) is 35.2 Å². The lowest BCUT2D eigenvalue weighted by atomic mass is 10.1. The van der Waals surface area contributed by atoms with Gasteiger partial charge in [-0.15, -0.1) is 0 Å². The Morgan fingerprint density at radius 2 is 1.40 bits per heavy atom. The number of carbonyl (C=O) groups excluding carboxylic acids is 2. The molecule has 8 aromatic heterocycles. The van der Waals surface area contributed by atoms with Crippen LogP contribution in [0.25, 0.3) is 44.6 Å². The van der Waals surface area contributed by atoms with Gasteiger partial charge in [0, 0.05) is 23.9 Å². The standard InChI is InChI=1S/C34H21F5N12O4/c1-16-9-28-48(32(54)18-3-2-8-40-30(18)50(28)46-16)15-27(53)45-25-10-20(21(36)13-42-25)22-6-5-19-31(43-22)51-29(11-23(47-51)34(37,38)39)49(33(19)55)14-26(52)44-24-7-4-17(35)12-41-24/h2-13H,14-15H2,1H3,(H,41,44,52)(H,42,45,53). The number of fused-ring (bicyclic) bond motifs is 6. The lowest BCUT2D eigenvalue weighted by Gasteiger charge is -2.13. The molecule has 8 aromatic rings. The first-order valence-corrected chi connectivity index (χ1v) is 16.0. The lowest BCUT2D eigenvalue weighted by Crippen LogP contribution is -2.30. The monoisotopic (exact) mass is 756 g/mol. The van der Waals surface area contributed by atoms with Gasteiger partial charge in [-0.3, -0.25) is 28.3 Å². The van der Waals surface area contributed by atoms with E-state index in [-0.39, 0.29) is 33.7 Å². The Balaban J connectivity index is 1.14. The van der Waals surface area contributed by atoms with Crippen LogP contribution in [0, 0.1) is 18.6 Å². The Hall–Kier alpha value is -7.45. The number of amides is 2. The van der Waals surface area contributed by atoms with E-state index in [4.69, 9.17) is 0 Å². The summed E-state index contributed by atoms with van der Waals surface area (Å²) in [7, 11) is 0. The molecule has 0 aliphatic rings. The van der Waals surface area contributed by atoms with Gasteiger partial charge in [-0.05, 0) is 49.4 Å². The highest BCUT2D eigenvalue weighted by Gasteiger charge is 2.35. The zero-order valence-corrected chi connectivity index (χ0v) is 27.8. The van der Waals surface area contributed by atoms with Crippen LogP contribution in [0.4, 0.5) is 33.6 Å². The van der Waals surface area contributed by atoms with E-state index in [2.05, 4.69) is 40.8 Å². The van der Waals surface area contributed by atoms with Crippen LogP contribution in [0.5, 0.6) is 0 Å². The summed E-state index contributed by atoms with van der Waals surface area (Å²) in [5.74, 6) is -3.45. The predicted molar refractivity (Wildman–Crippen MR) is 184 cm³/mol. The van der Waals surface area contributed by atoms with E-state index in [1.165, 1.54) is 27.4 Å². The highest BCUT2D eigenvalue weighted by atomic mass is 19.4. The fourth-order valence-electron chi connectivity index (χ4n) is 5.96. The van der Waals surface area contributed by atoms with E-state index in [1.54, 1.807) is 25.1 Å². The molecule has 0 spiro atoms. The zero-order valence-electron chi connectivity index (χ0n) is 27.8. The number of nitrogens with one attached hydrogen (secondary N) is 2. The van der Waals surface area contributed by atoms with Gasteiger partial charge in [-0.1, -0.05) is 0 Å². The molecule has 0 bridgehead atoms. The van der Waals surface area contributed by atoms with Crippen LogP contribution >= 0.6 is 0 Å². The molecule has 0 saturated carbocycles. The molecule has 2 N–H and O–H groups in total. The van der Waals surface area contributed by atoms with Gasteiger partial charge in [0.2, 0.25) is 11.8 Å². The van der Waals surface area contributed by atoms with Crippen LogP contribution in [-0.2, 0) is 28.9 Å². The minimum Gasteiger partial charge on any atom is -0.309 e. The number of alkyl halides is 3. The average Bonchev–Trinajstić information content (AvgIpc) is 3.78. The molecule has 55 heavy (non-hydrogen) atoms. The molecule has 0 radical (unpaired) electrons. The van der Waals surface area contributed by atoms with Crippen LogP contribution < -0.4 is 21.8 Å². The summed E-state index contributed by atoms with van der Waals surface area (Å²) in [6.07, 6.45) is -1.86. The van der Waals surface area contributed by atoms with Crippen molar-refractivity contribution in [3.63, 3.8) is 0 Å². The smallest absolute Gasteiger partial charge is 0.309 e. The highest BCUT2D eigenvalue weighted by molar-refractivity contribution is 5.92. The Bertz CT molecular complexity index is 3010. The molecule has 8 heterocycles. The van der Waals surface area contributed by atoms with Gasteiger partial charge in [0.1, 0.15) is 41.8 Å². The number of aryl methyl sites for hydroxylation is 1. The lowest BCUT2D eigenvalue weighted by molar-refractivity contribution is -0.141. The summed E-state index contributed by atoms with van der Waals surface area (Å²) in [4.78, 5) is 69.2. The van der Waals surface area contributed by atoms with E-state index >= 15 is 4.39 Å². The largest absolute Gasteiger partial charge is 0.435 e. The second-order valence-electron chi connectivity index (χ2n) is 12.1. The van der Waals surface area contributed by atoms with Crippen molar-refractivity contribution in [1.82, 2.24) is 48.3 Å². The maximum atomic E-state index is 15.3. The molecule has 0 aliphatic heterocycles. The molecule has 0 unspecified atom stereocenters. The van der Waals surface area contributed by atoms with Gasteiger partial charge in [-0.25, -0.2) is 28.7 Å². The van der Waals surface area contributed by atoms with Crippen LogP contribution in [0.15, 0.2) is 82.8 Å². The second kappa shape index (κ2) is 12.9. The first kappa shape index (κ1) is 34.6. The van der Waals surface area contributed by atoms with E-state index in [0.29, 0.717) is 27.6 Å². The van der Waals surface area contributed by atoms with Crippen molar-refractivity contribution in [2.45, 2.75) is 26.2 Å². The van der Waals surface area contributed by atoms with Crippen molar-refractivity contribution in [1.29, 1.82) is 0 Å². The third kappa shape index (κ3) is 6.25. The van der Waals surface area contributed by atoms with Crippen LogP contribution in [0.3, 0.4) is 0 Å². The first-order valence-electron chi connectivity index (χ1n) is 16.0. The third-order valence-corrected chi connectivity index (χ3v) is 8.36. The normalized spacial score (nSPS) is 11.9. The van der Waals surface area contributed by atoms with Crippen molar-refractivity contribution in [2.24, 2.45) is 0 Å². The second-order valence-corrected chi connectivity index (χ2v) is 12.1. The molecule has 21 heteroatoms. The summed E-state index contributed by atoms with van der Waals surface area (Å²) in [6, 6.07) is 10.9. The molecule has 0 saturated heterocycles. The van der Waals surface area contributed by atoms with Gasteiger partial charge >= 0.3 is 6.18 Å². The fraction of sp³-hybridized carbons (Fsp3) is 0.118. The van der Waals surface area contributed by atoms with Gasteiger partial charge < -0.3 is 10.6 Å². The maximum Gasteiger partial charge on any atom is 0.435 e. The zero-order chi connectivity index (χ0) is 38.8. The molecule has 16 nitrogen and oxygen atoms in total. The van der Waals surface area contributed by atoms with Crippen LogP contribution in [-0.4, -0.2) is 60.1 Å². The van der Waals surface area contributed by atoms with Crippen molar-refractivity contribution in [2.75, 3.05) is 10.6 Å². The number of nitrogens with zero attached hydrogens (tertiary/aromatic N) is 10. The summed E-state index contributed by atoms with van der Waals surface area (Å²) < 4.78 is 74.2. The molecule has 0 atom stereocenters. The summed E-state index contributed by atoms with van der Waals surface area (Å²) in [5, 5.41) is 12.8. The third-order valence-electron chi connectivity index (χ3n) is 8.36. The van der Waals surface area contributed by atoms with Crippen molar-refractivity contribution >= 4 is 56.8 Å².